The summed E-state index contributed by atoms with van der Waals surface area (Å²) in [5, 5.41) is 0.599. The van der Waals surface area contributed by atoms with E-state index in [0.717, 1.165) is 11.1 Å². The molecule has 0 aromatic heterocycles. The lowest BCUT2D eigenvalue weighted by molar-refractivity contribution is 0.414. The van der Waals surface area contributed by atoms with Crippen LogP contribution >= 0.6 is 43.5 Å². The zero-order valence-electron chi connectivity index (χ0n) is 9.96. The van der Waals surface area contributed by atoms with Crippen molar-refractivity contribution in [3.63, 3.8) is 0 Å². The smallest absolute Gasteiger partial charge is 0.137 e. The van der Waals surface area contributed by atoms with Gasteiger partial charge in [-0.25, -0.2) is 4.39 Å². The van der Waals surface area contributed by atoms with Crippen LogP contribution in [0.1, 0.15) is 16.0 Å². The third kappa shape index (κ3) is 3.30. The van der Waals surface area contributed by atoms with E-state index in [2.05, 4.69) is 31.9 Å². The van der Waals surface area contributed by atoms with Gasteiger partial charge in [0.05, 0.1) is 16.4 Å². The van der Waals surface area contributed by atoms with E-state index in [1.807, 2.05) is 12.1 Å². The fourth-order valence-corrected chi connectivity index (χ4v) is 3.18. The second kappa shape index (κ2) is 6.25. The molecule has 0 heterocycles. The minimum atomic E-state index is -0.288. The van der Waals surface area contributed by atoms with Crippen LogP contribution < -0.4 is 4.74 Å². The summed E-state index contributed by atoms with van der Waals surface area (Å²) in [6.45, 7) is 0. The van der Waals surface area contributed by atoms with Crippen LogP contribution in [0.2, 0.25) is 5.02 Å². The lowest BCUT2D eigenvalue weighted by atomic mass is 10.0. The number of ether oxygens (including phenoxy) is 1. The van der Waals surface area contributed by atoms with Crippen LogP contribution in [0.25, 0.3) is 0 Å². The maximum absolute atomic E-state index is 13.2. The number of methoxy groups -OCH3 is 1. The zero-order chi connectivity index (χ0) is 14.0. The van der Waals surface area contributed by atoms with Crippen molar-refractivity contribution in [1.29, 1.82) is 0 Å². The second-order valence-corrected chi connectivity index (χ2v) is 6.10. The summed E-state index contributed by atoms with van der Waals surface area (Å²) >= 11 is 13.0. The Hall–Kier alpha value is -0.580. The highest BCUT2D eigenvalue weighted by atomic mass is 79.9. The number of benzene rings is 2. The van der Waals surface area contributed by atoms with Crippen LogP contribution in [0, 0.1) is 5.82 Å². The van der Waals surface area contributed by atoms with Crippen molar-refractivity contribution in [2.75, 3.05) is 7.11 Å². The predicted octanol–water partition coefficient (Wildman–Crippen LogP) is 5.73. The third-order valence-electron chi connectivity index (χ3n) is 2.72. The summed E-state index contributed by atoms with van der Waals surface area (Å²) in [6.07, 6.45) is 0. The highest BCUT2D eigenvalue weighted by Crippen LogP contribution is 2.37. The van der Waals surface area contributed by atoms with Crippen molar-refractivity contribution in [3.05, 3.63) is 62.8 Å². The van der Waals surface area contributed by atoms with Crippen molar-refractivity contribution in [2.24, 2.45) is 0 Å². The van der Waals surface area contributed by atoms with E-state index in [1.165, 1.54) is 6.07 Å². The van der Waals surface area contributed by atoms with Gasteiger partial charge < -0.3 is 4.74 Å². The quantitative estimate of drug-likeness (QED) is 0.589. The predicted molar refractivity (Wildman–Crippen MR) is 82.9 cm³/mol. The van der Waals surface area contributed by atoms with Gasteiger partial charge in [-0.05, 0) is 51.3 Å². The average Bonchev–Trinajstić information content (AvgIpc) is 2.41. The van der Waals surface area contributed by atoms with Gasteiger partial charge in [0.1, 0.15) is 11.6 Å². The summed E-state index contributed by atoms with van der Waals surface area (Å²) < 4.78 is 18.8. The fourth-order valence-electron chi connectivity index (χ4n) is 1.69. The highest BCUT2D eigenvalue weighted by molar-refractivity contribution is 9.10. The highest BCUT2D eigenvalue weighted by Gasteiger charge is 2.15. The van der Waals surface area contributed by atoms with Crippen molar-refractivity contribution in [3.8, 4) is 5.75 Å². The van der Waals surface area contributed by atoms with Gasteiger partial charge >= 0.3 is 0 Å². The second-order valence-electron chi connectivity index (χ2n) is 3.92. The molecule has 1 nitrogen and oxygen atoms in total. The maximum Gasteiger partial charge on any atom is 0.137 e. The standard InChI is InChI=1S/C14H10Br2ClFO/c1-19-9-3-4-10(12(17)7-9)14(16)8-2-5-13(18)11(15)6-8/h2-7,14H,1H3. The monoisotopic (exact) mass is 406 g/mol. The molecule has 19 heavy (non-hydrogen) atoms. The van der Waals surface area contributed by atoms with E-state index in [9.17, 15) is 4.39 Å². The molecule has 0 aliphatic carbocycles. The van der Waals surface area contributed by atoms with Crippen molar-refractivity contribution in [1.82, 2.24) is 0 Å². The minimum absolute atomic E-state index is 0.109. The number of halogens is 4. The normalized spacial score (nSPS) is 12.3. The summed E-state index contributed by atoms with van der Waals surface area (Å²) in [7, 11) is 1.59. The first-order valence-corrected chi connectivity index (χ1v) is 7.54. The van der Waals surface area contributed by atoms with Gasteiger partial charge in [0.15, 0.2) is 0 Å². The fraction of sp³-hybridized carbons (Fsp3) is 0.143. The molecule has 0 radical (unpaired) electrons. The molecule has 5 heteroatoms. The van der Waals surface area contributed by atoms with Crippen LogP contribution in [-0.2, 0) is 0 Å². The molecule has 0 aliphatic rings. The molecule has 2 aromatic rings. The van der Waals surface area contributed by atoms with E-state index >= 15 is 0 Å². The lowest BCUT2D eigenvalue weighted by Gasteiger charge is -2.14. The van der Waals surface area contributed by atoms with E-state index in [1.54, 1.807) is 25.3 Å². The Bertz CT molecular complexity index is 604. The Morgan fingerprint density at radius 1 is 1.21 bits per heavy atom. The summed E-state index contributed by atoms with van der Waals surface area (Å²) in [5.41, 5.74) is 1.82. The van der Waals surface area contributed by atoms with E-state index < -0.39 is 0 Å². The van der Waals surface area contributed by atoms with Crippen LogP contribution in [0.15, 0.2) is 40.9 Å². The SMILES string of the molecule is COc1ccc(C(Br)c2ccc(F)c(Br)c2)c(Cl)c1. The number of hydrogen-bond donors (Lipinski definition) is 0. The first-order valence-electron chi connectivity index (χ1n) is 5.45. The third-order valence-corrected chi connectivity index (χ3v) is 4.67. The van der Waals surface area contributed by atoms with Gasteiger partial charge in [-0.3, -0.25) is 0 Å². The summed E-state index contributed by atoms with van der Waals surface area (Å²) in [5.74, 6) is 0.415. The molecule has 1 unspecified atom stereocenters. The van der Waals surface area contributed by atoms with E-state index in [0.29, 0.717) is 15.2 Å². The number of rotatable bonds is 3. The molecule has 0 spiro atoms. The zero-order valence-corrected chi connectivity index (χ0v) is 13.9. The Balaban J connectivity index is 2.38. The minimum Gasteiger partial charge on any atom is -0.497 e. The molecule has 1 atom stereocenters. The van der Waals surface area contributed by atoms with Gasteiger partial charge in [0, 0.05) is 5.02 Å². The molecule has 0 aliphatic heterocycles. The molecule has 0 saturated carbocycles. The Labute approximate surface area is 133 Å². The summed E-state index contributed by atoms with van der Waals surface area (Å²) in [6, 6.07) is 10.4. The first-order chi connectivity index (χ1) is 9.02. The molecule has 0 fully saturated rings. The van der Waals surface area contributed by atoms with Gasteiger partial charge in [0.25, 0.3) is 0 Å². The summed E-state index contributed by atoms with van der Waals surface area (Å²) in [4.78, 5) is -0.109. The van der Waals surface area contributed by atoms with Crippen LogP contribution in [0.4, 0.5) is 4.39 Å². The molecular weight excluding hydrogens is 398 g/mol. The average molecular weight is 408 g/mol. The van der Waals surface area contributed by atoms with Gasteiger partial charge in [-0.15, -0.1) is 0 Å². The van der Waals surface area contributed by atoms with Crippen LogP contribution in [0.3, 0.4) is 0 Å². The molecule has 0 bridgehead atoms. The van der Waals surface area contributed by atoms with Crippen LogP contribution in [-0.4, -0.2) is 7.11 Å². The van der Waals surface area contributed by atoms with E-state index in [4.69, 9.17) is 16.3 Å². The molecule has 0 saturated heterocycles. The lowest BCUT2D eigenvalue weighted by Crippen LogP contribution is -1.95. The molecule has 2 aromatic carbocycles. The molecule has 100 valence electrons. The van der Waals surface area contributed by atoms with Crippen molar-refractivity contribution >= 4 is 43.5 Å². The largest absolute Gasteiger partial charge is 0.497 e. The van der Waals surface area contributed by atoms with Crippen molar-refractivity contribution < 1.29 is 9.13 Å². The topological polar surface area (TPSA) is 9.23 Å². The van der Waals surface area contributed by atoms with Gasteiger partial charge in [-0.1, -0.05) is 39.7 Å². The van der Waals surface area contributed by atoms with E-state index in [-0.39, 0.29) is 10.6 Å². The molecule has 0 amide bonds. The first kappa shape index (κ1) is 14.8. The number of hydrogen-bond acceptors (Lipinski definition) is 1. The van der Waals surface area contributed by atoms with Gasteiger partial charge in [0.2, 0.25) is 0 Å². The Morgan fingerprint density at radius 2 is 1.95 bits per heavy atom. The number of alkyl halides is 1. The van der Waals surface area contributed by atoms with Crippen LogP contribution in [0.5, 0.6) is 5.75 Å². The Kier molecular flexibility index (Phi) is 4.87. The maximum atomic E-state index is 13.2. The molecule has 0 N–H and O–H groups in total. The van der Waals surface area contributed by atoms with Gasteiger partial charge in [-0.2, -0.15) is 0 Å². The Morgan fingerprint density at radius 3 is 2.53 bits per heavy atom. The molecular formula is C14H10Br2ClFO. The van der Waals surface area contributed by atoms with Crippen molar-refractivity contribution in [2.45, 2.75) is 4.83 Å². The molecule has 2 rings (SSSR count).